The molecule has 3 rings (SSSR count). The second kappa shape index (κ2) is 59.6. The summed E-state index contributed by atoms with van der Waals surface area (Å²) in [6, 6.07) is -2.53. The molecule has 0 aromatic carbocycles. The zero-order chi connectivity index (χ0) is 75.3. The van der Waals surface area contributed by atoms with E-state index in [4.69, 9.17) is 28.4 Å². The highest BCUT2D eigenvalue weighted by Crippen LogP contribution is 2.39. The minimum atomic E-state index is -3.08. The Morgan fingerprint density at radius 2 is 0.845 bits per heavy atom. The summed E-state index contributed by atoms with van der Waals surface area (Å²) in [4.78, 5) is 38.7. The smallest absolute Gasteiger partial charge is 0.364 e. The Labute approximate surface area is 620 Å². The summed E-state index contributed by atoms with van der Waals surface area (Å²) in [5.41, 5.74) is 0. The minimum absolute atomic E-state index is 0.230. The molecule has 0 spiro atoms. The van der Waals surface area contributed by atoms with Crippen LogP contribution in [-0.4, -0.2) is 215 Å². The van der Waals surface area contributed by atoms with Gasteiger partial charge in [0, 0.05) is 19.8 Å². The molecule has 2 amide bonds. The van der Waals surface area contributed by atoms with Gasteiger partial charge in [0.2, 0.25) is 11.8 Å². The molecule has 18 atom stereocenters. The van der Waals surface area contributed by atoms with Crippen LogP contribution in [0.1, 0.15) is 355 Å². The summed E-state index contributed by atoms with van der Waals surface area (Å²) in [7, 11) is 0. The average Bonchev–Trinajstić information content (AvgIpc) is 0.754. The molecule has 3 aliphatic heterocycles. The number of amides is 2. The molecule has 3 fully saturated rings. The van der Waals surface area contributed by atoms with Gasteiger partial charge in [0.25, 0.3) is 5.79 Å². The number of carboxylic acid groups (broad SMARTS) is 1. The maximum atomic E-state index is 13.6. The molecule has 0 radical (unpaired) electrons. The van der Waals surface area contributed by atoms with Gasteiger partial charge < -0.3 is 100 Å². The highest BCUT2D eigenvalue weighted by molar-refractivity contribution is 5.77. The lowest BCUT2D eigenvalue weighted by molar-refractivity contribution is -0.386. The van der Waals surface area contributed by atoms with Crippen molar-refractivity contribution in [3.05, 3.63) is 0 Å². The number of carbonyl (C=O) groups is 3. The number of carboxylic acids is 1. The topological polar surface area (TPSA) is 373 Å². The predicted octanol–water partition coefficient (Wildman–Crippen LogP) is 11.6. The molecule has 0 saturated carbocycles. The third-order valence-electron chi connectivity index (χ3n) is 21.6. The van der Waals surface area contributed by atoms with Crippen molar-refractivity contribution in [3.8, 4) is 0 Å². The van der Waals surface area contributed by atoms with Crippen molar-refractivity contribution < 1.29 is 104 Å². The summed E-state index contributed by atoms with van der Waals surface area (Å²) in [5.74, 6) is -6.09. The number of ether oxygens (including phenoxy) is 6. The monoisotopic (exact) mass is 1480 g/mol. The second-order valence-electron chi connectivity index (χ2n) is 30.7. The summed E-state index contributed by atoms with van der Waals surface area (Å²) in [5, 5.41) is 137. The van der Waals surface area contributed by atoms with Gasteiger partial charge in [-0.25, -0.2) is 4.79 Å². The first-order valence-electron chi connectivity index (χ1n) is 41.9. The van der Waals surface area contributed by atoms with E-state index < -0.39 is 148 Å². The van der Waals surface area contributed by atoms with Crippen molar-refractivity contribution in [2.45, 2.75) is 464 Å². The summed E-state index contributed by atoms with van der Waals surface area (Å²) < 4.78 is 35.0. The van der Waals surface area contributed by atoms with Crippen molar-refractivity contribution in [1.29, 1.82) is 0 Å². The summed E-state index contributed by atoms with van der Waals surface area (Å²) in [6.07, 6.45) is 34.1. The zero-order valence-electron chi connectivity index (χ0n) is 64.5. The van der Waals surface area contributed by atoms with Crippen LogP contribution in [0.2, 0.25) is 0 Å². The molecule has 0 aliphatic carbocycles. The predicted molar refractivity (Wildman–Crippen MR) is 399 cm³/mol. The molecule has 3 saturated heterocycles. The lowest BCUT2D eigenvalue weighted by Crippen LogP contribution is -2.70. The van der Waals surface area contributed by atoms with Gasteiger partial charge in [0.05, 0.1) is 50.7 Å². The number of nitrogens with one attached hydrogen (secondary N) is 2. The van der Waals surface area contributed by atoms with Crippen LogP contribution in [0.5, 0.6) is 0 Å². The van der Waals surface area contributed by atoms with Crippen LogP contribution in [0.15, 0.2) is 0 Å². The van der Waals surface area contributed by atoms with Gasteiger partial charge in [-0.05, 0) is 12.8 Å². The van der Waals surface area contributed by atoms with E-state index in [2.05, 4.69) is 24.5 Å². The normalized spacial score (nSPS) is 26.4. The van der Waals surface area contributed by atoms with Crippen LogP contribution >= 0.6 is 0 Å². The standard InChI is InChI=1S/C80H152N2O21/c1-4-6-8-10-12-14-16-18-20-22-23-24-25-26-27-28-29-30-31-32-33-34-35-36-37-38-40-42-44-46-48-50-52-54-67(90)82-61(62(87)53-51-49-47-45-43-41-39-21-19-17-15-13-11-9-7-5-2)59-98-77-72(94)71(93)74(66(58-85)100-77)101-78-73(95)76(70(92)65(57-84)99-78)103-80(79(96)97)55-63(88)68(81-60(3)86)75(102-80)69(91)64(89)56-83/h61-66,68-78,83-85,87-89,91-95H,4-59H2,1-3H3,(H,81,86)(H,82,90)(H,96,97). The molecule has 3 heterocycles. The van der Waals surface area contributed by atoms with Gasteiger partial charge in [0.1, 0.15) is 67.1 Å². The molecule has 23 heteroatoms. The van der Waals surface area contributed by atoms with Crippen LogP contribution in [-0.2, 0) is 42.8 Å². The Balaban J connectivity index is 1.44. The molecule has 103 heavy (non-hydrogen) atoms. The van der Waals surface area contributed by atoms with E-state index in [-0.39, 0.29) is 18.9 Å². The highest BCUT2D eigenvalue weighted by atomic mass is 16.8. The van der Waals surface area contributed by atoms with E-state index in [1.54, 1.807) is 0 Å². The molecule has 23 nitrogen and oxygen atoms in total. The molecule has 608 valence electrons. The number of aliphatic hydroxyl groups excluding tert-OH is 11. The fourth-order valence-electron chi connectivity index (χ4n) is 15.0. The number of carbonyl (C=O) groups excluding carboxylic acids is 2. The van der Waals surface area contributed by atoms with Gasteiger partial charge in [-0.1, -0.05) is 322 Å². The Morgan fingerprint density at radius 3 is 1.21 bits per heavy atom. The van der Waals surface area contributed by atoms with E-state index in [0.29, 0.717) is 19.3 Å². The second-order valence-corrected chi connectivity index (χ2v) is 30.7. The van der Waals surface area contributed by atoms with Crippen LogP contribution in [0, 0.1) is 0 Å². The molecule has 3 aliphatic rings. The maximum Gasteiger partial charge on any atom is 0.364 e. The average molecular weight is 1480 g/mol. The molecule has 14 N–H and O–H groups in total. The first-order valence-corrected chi connectivity index (χ1v) is 41.9. The third-order valence-corrected chi connectivity index (χ3v) is 21.6. The number of hydrogen-bond acceptors (Lipinski definition) is 20. The van der Waals surface area contributed by atoms with E-state index in [9.17, 15) is 75.7 Å². The van der Waals surface area contributed by atoms with Gasteiger partial charge in [-0.15, -0.1) is 0 Å². The van der Waals surface area contributed by atoms with Gasteiger partial charge in [0.15, 0.2) is 12.6 Å². The largest absolute Gasteiger partial charge is 0.477 e. The Kier molecular flexibility index (Phi) is 54.9. The van der Waals surface area contributed by atoms with Gasteiger partial charge in [-0.2, -0.15) is 0 Å². The molecule has 18 unspecified atom stereocenters. The van der Waals surface area contributed by atoms with Crippen LogP contribution in [0.3, 0.4) is 0 Å². The molecule has 0 aromatic rings. The zero-order valence-corrected chi connectivity index (χ0v) is 64.5. The SMILES string of the molecule is CCCCCCCCCCCCCCCCCCCCCCCCCCCCCCCCCCCC(=O)NC(COC1OC(CO)C(OC2OC(CO)C(O)C(OC3(C(=O)O)CC(O)C(NC(C)=O)C(C(O)C(O)CO)O3)C2O)C(O)C1O)C(O)CCCCCCCCCCCCCCCCCC. The number of aliphatic hydroxyl groups is 11. The first kappa shape index (κ1) is 94.9. The van der Waals surface area contributed by atoms with Gasteiger partial charge in [-0.3, -0.25) is 9.59 Å². The Hall–Kier alpha value is -2.27. The number of aliphatic carboxylic acids is 1. The van der Waals surface area contributed by atoms with E-state index >= 15 is 0 Å². The lowest BCUT2D eigenvalue weighted by atomic mass is 9.88. The van der Waals surface area contributed by atoms with Gasteiger partial charge >= 0.3 is 5.97 Å². The summed E-state index contributed by atoms with van der Waals surface area (Å²) in [6.45, 7) is 2.26. The van der Waals surface area contributed by atoms with Crippen molar-refractivity contribution in [2.24, 2.45) is 0 Å². The van der Waals surface area contributed by atoms with Crippen molar-refractivity contribution in [3.63, 3.8) is 0 Å². The third kappa shape index (κ3) is 39.8. The van der Waals surface area contributed by atoms with Crippen LogP contribution in [0.4, 0.5) is 0 Å². The van der Waals surface area contributed by atoms with E-state index in [1.807, 2.05) is 0 Å². The number of rotatable bonds is 67. The van der Waals surface area contributed by atoms with Crippen molar-refractivity contribution in [1.82, 2.24) is 10.6 Å². The molecular weight excluding hydrogens is 1320 g/mol. The maximum absolute atomic E-state index is 13.6. The van der Waals surface area contributed by atoms with Crippen LogP contribution < -0.4 is 10.6 Å². The van der Waals surface area contributed by atoms with Crippen LogP contribution in [0.25, 0.3) is 0 Å². The van der Waals surface area contributed by atoms with Crippen molar-refractivity contribution >= 4 is 17.8 Å². The quantitative estimate of drug-likeness (QED) is 0.0252. The van der Waals surface area contributed by atoms with E-state index in [0.717, 1.165) is 51.9 Å². The Bertz CT molecular complexity index is 2050. The lowest BCUT2D eigenvalue weighted by Gasteiger charge is -2.50. The number of hydrogen-bond donors (Lipinski definition) is 14. The van der Waals surface area contributed by atoms with E-state index in [1.165, 1.54) is 257 Å². The fraction of sp³-hybridized carbons (Fsp3) is 0.963. The first-order chi connectivity index (χ1) is 49.9. The molecule has 0 aromatic heterocycles. The highest BCUT2D eigenvalue weighted by Gasteiger charge is 2.60. The summed E-state index contributed by atoms with van der Waals surface area (Å²) >= 11 is 0. The molecule has 0 bridgehead atoms. The Morgan fingerprint density at radius 1 is 0.466 bits per heavy atom. The number of unbranched alkanes of at least 4 members (excludes halogenated alkanes) is 47. The molecular formula is C80H152N2O21. The minimum Gasteiger partial charge on any atom is -0.477 e. The fourth-order valence-corrected chi connectivity index (χ4v) is 15.0. The van der Waals surface area contributed by atoms with Crippen molar-refractivity contribution in [2.75, 3.05) is 26.4 Å².